The lowest BCUT2D eigenvalue weighted by Crippen LogP contribution is -2.41. The van der Waals surface area contributed by atoms with E-state index in [-0.39, 0.29) is 13.0 Å². The Balaban J connectivity index is 1.76. The number of alkyl carbamates (subject to hydrolysis) is 1. The lowest BCUT2D eigenvalue weighted by molar-refractivity contribution is -0.138. The van der Waals surface area contributed by atoms with Crippen molar-refractivity contribution >= 4 is 41.0 Å². The molecule has 0 aromatic heterocycles. The molecule has 26 heavy (non-hydrogen) atoms. The van der Waals surface area contributed by atoms with Crippen molar-refractivity contribution in [3.63, 3.8) is 0 Å². The highest BCUT2D eigenvalue weighted by molar-refractivity contribution is 6.35. The fourth-order valence-electron chi connectivity index (χ4n) is 2.86. The molecule has 1 heterocycles. The van der Waals surface area contributed by atoms with E-state index in [0.29, 0.717) is 21.3 Å². The number of anilines is 1. The van der Waals surface area contributed by atoms with Crippen LogP contribution in [0.2, 0.25) is 10.0 Å². The smallest absolute Gasteiger partial charge is 0.407 e. The van der Waals surface area contributed by atoms with Crippen molar-refractivity contribution < 1.29 is 19.4 Å². The third-order valence-electron chi connectivity index (χ3n) is 4.05. The molecule has 0 saturated carbocycles. The minimum atomic E-state index is -1.03. The zero-order valence-corrected chi connectivity index (χ0v) is 15.1. The van der Waals surface area contributed by atoms with Gasteiger partial charge in [0, 0.05) is 27.7 Å². The van der Waals surface area contributed by atoms with Gasteiger partial charge in [-0.1, -0.05) is 53.5 Å². The van der Waals surface area contributed by atoms with Gasteiger partial charge in [-0.15, -0.1) is 0 Å². The van der Waals surface area contributed by atoms with E-state index < -0.39 is 24.1 Å². The highest BCUT2D eigenvalue weighted by Crippen LogP contribution is 2.39. The molecule has 2 atom stereocenters. The summed E-state index contributed by atoms with van der Waals surface area (Å²) in [6.45, 7) is 0.112. The van der Waals surface area contributed by atoms with E-state index in [0.717, 1.165) is 5.56 Å². The summed E-state index contributed by atoms with van der Waals surface area (Å²) in [6, 6.07) is 10.9. The van der Waals surface area contributed by atoms with Gasteiger partial charge in [-0.2, -0.15) is 0 Å². The molecule has 1 aliphatic rings. The van der Waals surface area contributed by atoms with E-state index in [1.54, 1.807) is 12.1 Å². The van der Waals surface area contributed by atoms with Gasteiger partial charge in [0.25, 0.3) is 0 Å². The zero-order valence-electron chi connectivity index (χ0n) is 13.5. The zero-order chi connectivity index (χ0) is 18.7. The quantitative estimate of drug-likeness (QED) is 0.721. The number of ether oxygens (including phenoxy) is 1. The molecular weight excluding hydrogens is 379 g/mol. The van der Waals surface area contributed by atoms with Crippen LogP contribution in [0.25, 0.3) is 0 Å². The molecule has 0 aliphatic carbocycles. The van der Waals surface area contributed by atoms with E-state index in [4.69, 9.17) is 27.9 Å². The highest BCUT2D eigenvalue weighted by Gasteiger charge is 2.33. The number of halogens is 2. The summed E-state index contributed by atoms with van der Waals surface area (Å²) in [5, 5.41) is 15.6. The second-order valence-electron chi connectivity index (χ2n) is 5.88. The lowest BCUT2D eigenvalue weighted by atomic mass is 9.93. The standard InChI is InChI=1S/C18H16Cl2N2O4/c19-11-6-12(20)16-13(7-11)21-15(17(23)24)8-14(16)22-18(25)26-9-10-4-2-1-3-5-10/h1-7,14-15,21H,8-9H2,(H,22,25)(H,23,24). The van der Waals surface area contributed by atoms with Crippen molar-refractivity contribution in [1.82, 2.24) is 5.32 Å². The second-order valence-corrected chi connectivity index (χ2v) is 6.72. The first-order valence-electron chi connectivity index (χ1n) is 7.89. The van der Waals surface area contributed by atoms with Gasteiger partial charge >= 0.3 is 12.1 Å². The van der Waals surface area contributed by atoms with Gasteiger partial charge in [0.15, 0.2) is 0 Å². The van der Waals surface area contributed by atoms with Crippen LogP contribution in [0.1, 0.15) is 23.6 Å². The molecule has 2 aromatic carbocycles. The van der Waals surface area contributed by atoms with Crippen LogP contribution >= 0.6 is 23.2 Å². The maximum atomic E-state index is 12.2. The first-order valence-corrected chi connectivity index (χ1v) is 8.65. The van der Waals surface area contributed by atoms with Crippen LogP contribution in [0, 0.1) is 0 Å². The van der Waals surface area contributed by atoms with Crippen LogP contribution in [0.4, 0.5) is 10.5 Å². The van der Waals surface area contributed by atoms with E-state index in [2.05, 4.69) is 10.6 Å². The normalized spacial score (nSPS) is 18.4. The van der Waals surface area contributed by atoms with Gasteiger partial charge < -0.3 is 20.5 Å². The summed E-state index contributed by atoms with van der Waals surface area (Å²) in [4.78, 5) is 23.6. The SMILES string of the molecule is O=C(NC1CC(C(=O)O)Nc2cc(Cl)cc(Cl)c21)OCc1ccccc1. The fourth-order valence-corrected chi connectivity index (χ4v) is 3.48. The average molecular weight is 395 g/mol. The predicted molar refractivity (Wildman–Crippen MR) is 98.6 cm³/mol. The van der Waals surface area contributed by atoms with Crippen LogP contribution < -0.4 is 10.6 Å². The molecule has 0 spiro atoms. The number of hydrogen-bond acceptors (Lipinski definition) is 4. The Labute approximate surface area is 160 Å². The Bertz CT molecular complexity index is 829. The number of hydrogen-bond donors (Lipinski definition) is 3. The van der Waals surface area contributed by atoms with Crippen molar-refractivity contribution in [1.29, 1.82) is 0 Å². The molecule has 3 rings (SSSR count). The summed E-state index contributed by atoms with van der Waals surface area (Å²) in [7, 11) is 0. The number of fused-ring (bicyclic) bond motifs is 1. The molecule has 1 aliphatic heterocycles. The maximum absolute atomic E-state index is 12.2. The van der Waals surface area contributed by atoms with Crippen molar-refractivity contribution in [2.75, 3.05) is 5.32 Å². The molecule has 6 nitrogen and oxygen atoms in total. The summed E-state index contributed by atoms with van der Waals surface area (Å²) < 4.78 is 5.22. The van der Waals surface area contributed by atoms with Crippen LogP contribution in [0.3, 0.4) is 0 Å². The van der Waals surface area contributed by atoms with Gasteiger partial charge in [-0.25, -0.2) is 9.59 Å². The molecule has 2 aromatic rings. The molecule has 136 valence electrons. The third-order valence-corrected chi connectivity index (χ3v) is 4.58. The molecule has 0 bridgehead atoms. The molecular formula is C18H16Cl2N2O4. The van der Waals surface area contributed by atoms with Gasteiger partial charge in [0.05, 0.1) is 6.04 Å². The van der Waals surface area contributed by atoms with Crippen molar-refractivity contribution in [3.8, 4) is 0 Å². The lowest BCUT2D eigenvalue weighted by Gasteiger charge is -2.32. The summed E-state index contributed by atoms with van der Waals surface area (Å²) in [5.74, 6) is -1.03. The number of aliphatic carboxylic acids is 1. The third kappa shape index (κ3) is 4.20. The van der Waals surface area contributed by atoms with Gasteiger partial charge in [0.2, 0.25) is 0 Å². The Morgan fingerprint density at radius 2 is 1.96 bits per heavy atom. The summed E-state index contributed by atoms with van der Waals surface area (Å²) in [6.07, 6.45) is -0.522. The fraction of sp³-hybridized carbons (Fsp3) is 0.222. The minimum absolute atomic E-state index is 0.112. The average Bonchev–Trinajstić information content (AvgIpc) is 2.60. The Hall–Kier alpha value is -2.44. The molecule has 0 fully saturated rings. The van der Waals surface area contributed by atoms with E-state index in [9.17, 15) is 14.7 Å². The van der Waals surface area contributed by atoms with E-state index >= 15 is 0 Å². The summed E-state index contributed by atoms with van der Waals surface area (Å²) >= 11 is 12.3. The first kappa shape index (κ1) is 18.4. The van der Waals surface area contributed by atoms with Crippen LogP contribution in [-0.4, -0.2) is 23.2 Å². The van der Waals surface area contributed by atoms with Crippen molar-refractivity contribution in [2.45, 2.75) is 25.1 Å². The maximum Gasteiger partial charge on any atom is 0.407 e. The Morgan fingerprint density at radius 3 is 2.65 bits per heavy atom. The molecule has 1 amide bonds. The Morgan fingerprint density at radius 1 is 1.23 bits per heavy atom. The predicted octanol–water partition coefficient (Wildman–Crippen LogP) is 4.23. The molecule has 0 radical (unpaired) electrons. The molecule has 8 heteroatoms. The summed E-state index contributed by atoms with van der Waals surface area (Å²) in [5.41, 5.74) is 1.92. The highest BCUT2D eigenvalue weighted by atomic mass is 35.5. The first-order chi connectivity index (χ1) is 12.4. The largest absolute Gasteiger partial charge is 0.480 e. The van der Waals surface area contributed by atoms with Crippen LogP contribution in [0.15, 0.2) is 42.5 Å². The number of amides is 1. The number of carbonyl (C=O) groups excluding carboxylic acids is 1. The number of nitrogens with one attached hydrogen (secondary N) is 2. The topological polar surface area (TPSA) is 87.7 Å². The number of carbonyl (C=O) groups is 2. The number of benzene rings is 2. The van der Waals surface area contributed by atoms with E-state index in [1.807, 2.05) is 30.3 Å². The van der Waals surface area contributed by atoms with Crippen LogP contribution in [-0.2, 0) is 16.1 Å². The minimum Gasteiger partial charge on any atom is -0.480 e. The van der Waals surface area contributed by atoms with Crippen molar-refractivity contribution in [2.24, 2.45) is 0 Å². The molecule has 0 saturated heterocycles. The second kappa shape index (κ2) is 7.85. The number of rotatable bonds is 4. The van der Waals surface area contributed by atoms with Crippen molar-refractivity contribution in [3.05, 3.63) is 63.6 Å². The monoisotopic (exact) mass is 394 g/mol. The Kier molecular flexibility index (Phi) is 5.54. The van der Waals surface area contributed by atoms with Gasteiger partial charge in [-0.05, 0) is 17.7 Å². The number of carboxylic acid groups (broad SMARTS) is 1. The molecule has 2 unspecified atom stereocenters. The number of carboxylic acids is 1. The van der Waals surface area contributed by atoms with Crippen LogP contribution in [0.5, 0.6) is 0 Å². The van der Waals surface area contributed by atoms with Gasteiger partial charge in [-0.3, -0.25) is 0 Å². The van der Waals surface area contributed by atoms with Gasteiger partial charge in [0.1, 0.15) is 12.6 Å². The van der Waals surface area contributed by atoms with E-state index in [1.165, 1.54) is 0 Å². The molecule has 3 N–H and O–H groups in total.